The third-order valence-corrected chi connectivity index (χ3v) is 7.56. The van der Waals surface area contributed by atoms with Gasteiger partial charge in [-0.1, -0.05) is 0 Å². The van der Waals surface area contributed by atoms with Gasteiger partial charge in [0.25, 0.3) is 11.1 Å². The van der Waals surface area contributed by atoms with Crippen molar-refractivity contribution in [1.29, 1.82) is 0 Å². The molecule has 0 unspecified atom stereocenters. The molecule has 0 aliphatic carbocycles. The lowest BCUT2D eigenvalue weighted by Crippen LogP contribution is -2.44. The van der Waals surface area contributed by atoms with Crippen LogP contribution in [0.3, 0.4) is 0 Å². The zero-order valence-corrected chi connectivity index (χ0v) is 17.8. The Morgan fingerprint density at radius 3 is 1.66 bits per heavy atom. The predicted octanol–water partition coefficient (Wildman–Crippen LogP) is 1.10. The second-order valence-corrected chi connectivity index (χ2v) is 9.54. The molecule has 0 aliphatic heterocycles. The van der Waals surface area contributed by atoms with Gasteiger partial charge in [0, 0.05) is 63.0 Å². The molecule has 2 N–H and O–H groups in total. The topological polar surface area (TPSA) is 128 Å². The molecule has 0 aliphatic rings. The standard InChI is InChI=1S/C18H28N4O6Si/c1-3-27-29(28-4-2,11-9-25-13-15-19-7-5-17(23)21-15)12-10-26-14-16-20-8-6-18(24)22-16/h5-8H,3-4,9-14H2,1-2H3,(H,19,21,23)(H,20,22,24). The summed E-state index contributed by atoms with van der Waals surface area (Å²) in [5.74, 6) is 0.954. The normalized spacial score (nSPS) is 11.7. The van der Waals surface area contributed by atoms with E-state index in [1.807, 2.05) is 13.8 Å². The van der Waals surface area contributed by atoms with Crippen LogP contribution in [0.2, 0.25) is 12.1 Å². The molecule has 2 aromatic heterocycles. The van der Waals surface area contributed by atoms with E-state index in [-0.39, 0.29) is 24.3 Å². The van der Waals surface area contributed by atoms with Crippen LogP contribution in [-0.4, -0.2) is 54.9 Å². The molecule has 29 heavy (non-hydrogen) atoms. The van der Waals surface area contributed by atoms with Crippen molar-refractivity contribution in [1.82, 2.24) is 19.9 Å². The number of ether oxygens (including phenoxy) is 2. The molecule has 0 saturated heterocycles. The van der Waals surface area contributed by atoms with Gasteiger partial charge in [-0.3, -0.25) is 9.59 Å². The van der Waals surface area contributed by atoms with Crippen LogP contribution >= 0.6 is 0 Å². The number of aromatic nitrogens is 4. The van der Waals surface area contributed by atoms with Crippen molar-refractivity contribution in [3.8, 4) is 0 Å². The van der Waals surface area contributed by atoms with Gasteiger partial charge in [0.15, 0.2) is 0 Å². The van der Waals surface area contributed by atoms with Crippen LogP contribution in [0.5, 0.6) is 0 Å². The number of nitrogens with one attached hydrogen (secondary N) is 2. The molecule has 0 aromatic carbocycles. The van der Waals surface area contributed by atoms with E-state index in [4.69, 9.17) is 18.3 Å². The fourth-order valence-electron chi connectivity index (χ4n) is 2.74. The SMILES string of the molecule is CCO[Si](CCOCc1nccc(=O)[nH]1)(CCOCc1nccc(=O)[nH]1)OCC. The summed E-state index contributed by atoms with van der Waals surface area (Å²) >= 11 is 0. The van der Waals surface area contributed by atoms with Crippen LogP contribution < -0.4 is 11.1 Å². The first-order chi connectivity index (χ1) is 14.1. The maximum Gasteiger partial charge on any atom is 0.342 e. The van der Waals surface area contributed by atoms with Crippen molar-refractivity contribution in [3.63, 3.8) is 0 Å². The smallest absolute Gasteiger partial charge is 0.342 e. The summed E-state index contributed by atoms with van der Waals surface area (Å²) < 4.78 is 23.4. The van der Waals surface area contributed by atoms with Gasteiger partial charge >= 0.3 is 8.56 Å². The molecule has 2 rings (SSSR count). The molecule has 10 nitrogen and oxygen atoms in total. The maximum absolute atomic E-state index is 11.3. The minimum atomic E-state index is -2.53. The van der Waals surface area contributed by atoms with Gasteiger partial charge in [-0.15, -0.1) is 0 Å². The Kier molecular flexibility index (Phi) is 9.87. The fraction of sp³-hybridized carbons (Fsp3) is 0.556. The van der Waals surface area contributed by atoms with Crippen LogP contribution in [0, 0.1) is 0 Å². The lowest BCUT2D eigenvalue weighted by molar-refractivity contribution is 0.0973. The van der Waals surface area contributed by atoms with E-state index >= 15 is 0 Å². The highest BCUT2D eigenvalue weighted by atomic mass is 28.4. The van der Waals surface area contributed by atoms with Crippen LogP contribution in [0.4, 0.5) is 0 Å². The maximum atomic E-state index is 11.3. The Bertz CT molecular complexity index is 774. The quantitative estimate of drug-likeness (QED) is 0.341. The van der Waals surface area contributed by atoms with Gasteiger partial charge < -0.3 is 28.3 Å². The van der Waals surface area contributed by atoms with Crippen molar-refractivity contribution < 1.29 is 18.3 Å². The van der Waals surface area contributed by atoms with E-state index in [9.17, 15) is 9.59 Å². The highest BCUT2D eigenvalue weighted by molar-refractivity contribution is 6.67. The number of aromatic amines is 2. The Balaban J connectivity index is 1.83. The molecular weight excluding hydrogens is 396 g/mol. The average Bonchev–Trinajstić information content (AvgIpc) is 2.69. The Labute approximate surface area is 169 Å². The van der Waals surface area contributed by atoms with Crippen molar-refractivity contribution in [3.05, 3.63) is 56.9 Å². The first-order valence-corrected chi connectivity index (χ1v) is 11.8. The molecule has 0 radical (unpaired) electrons. The first kappa shape index (κ1) is 23.1. The average molecular weight is 425 g/mol. The van der Waals surface area contributed by atoms with Gasteiger partial charge in [-0.05, 0) is 13.8 Å². The minimum absolute atomic E-state index is 0.211. The molecule has 0 atom stereocenters. The molecule has 0 bridgehead atoms. The fourth-order valence-corrected chi connectivity index (χ4v) is 5.62. The van der Waals surface area contributed by atoms with E-state index in [1.54, 1.807) is 0 Å². The summed E-state index contributed by atoms with van der Waals surface area (Å²) in [6.07, 6.45) is 2.90. The summed E-state index contributed by atoms with van der Waals surface area (Å²) in [5, 5.41) is 0. The number of rotatable bonds is 14. The van der Waals surface area contributed by atoms with Crippen molar-refractivity contribution in [2.45, 2.75) is 39.1 Å². The Morgan fingerprint density at radius 1 is 0.828 bits per heavy atom. The third-order valence-electron chi connectivity index (χ3n) is 3.99. The summed E-state index contributed by atoms with van der Waals surface area (Å²) in [7, 11) is -2.53. The summed E-state index contributed by atoms with van der Waals surface area (Å²) in [6, 6.07) is 3.95. The zero-order chi connectivity index (χ0) is 21.0. The van der Waals surface area contributed by atoms with Gasteiger partial charge in [-0.2, -0.15) is 0 Å². The van der Waals surface area contributed by atoms with E-state index in [1.165, 1.54) is 24.5 Å². The van der Waals surface area contributed by atoms with Gasteiger partial charge in [0.2, 0.25) is 0 Å². The van der Waals surface area contributed by atoms with E-state index < -0.39 is 8.56 Å². The molecule has 11 heteroatoms. The summed E-state index contributed by atoms with van der Waals surface area (Å²) in [5.41, 5.74) is -0.422. The van der Waals surface area contributed by atoms with Crippen molar-refractivity contribution in [2.24, 2.45) is 0 Å². The zero-order valence-electron chi connectivity index (χ0n) is 16.8. The Morgan fingerprint density at radius 2 is 1.28 bits per heavy atom. The molecule has 2 aromatic rings. The van der Waals surface area contributed by atoms with Crippen molar-refractivity contribution in [2.75, 3.05) is 26.4 Å². The largest absolute Gasteiger partial charge is 0.394 e. The number of H-pyrrole nitrogens is 2. The lowest BCUT2D eigenvalue weighted by Gasteiger charge is -2.30. The highest BCUT2D eigenvalue weighted by Gasteiger charge is 2.36. The predicted molar refractivity (Wildman–Crippen MR) is 108 cm³/mol. The number of hydrogen-bond donors (Lipinski definition) is 2. The van der Waals surface area contributed by atoms with Gasteiger partial charge in [-0.25, -0.2) is 9.97 Å². The molecule has 0 amide bonds. The lowest BCUT2D eigenvalue weighted by atomic mass is 10.6. The molecular formula is C18H28N4O6Si. The van der Waals surface area contributed by atoms with Crippen LogP contribution in [-0.2, 0) is 31.5 Å². The van der Waals surface area contributed by atoms with Crippen LogP contribution in [0.15, 0.2) is 34.1 Å². The second-order valence-electron chi connectivity index (χ2n) is 6.14. The minimum Gasteiger partial charge on any atom is -0.394 e. The van der Waals surface area contributed by atoms with E-state index in [0.717, 1.165) is 0 Å². The Hall–Kier alpha value is -2.18. The molecule has 0 saturated carbocycles. The molecule has 0 fully saturated rings. The molecule has 2 heterocycles. The van der Waals surface area contributed by atoms with E-state index in [0.29, 0.717) is 50.2 Å². The summed E-state index contributed by atoms with van der Waals surface area (Å²) in [4.78, 5) is 36.0. The number of hydrogen-bond acceptors (Lipinski definition) is 8. The van der Waals surface area contributed by atoms with Gasteiger partial charge in [0.05, 0.1) is 0 Å². The molecule has 160 valence electrons. The van der Waals surface area contributed by atoms with Crippen LogP contribution in [0.25, 0.3) is 0 Å². The van der Waals surface area contributed by atoms with Crippen molar-refractivity contribution >= 4 is 8.56 Å². The van der Waals surface area contributed by atoms with Crippen LogP contribution in [0.1, 0.15) is 25.5 Å². The highest BCUT2D eigenvalue weighted by Crippen LogP contribution is 2.20. The first-order valence-electron chi connectivity index (χ1n) is 9.58. The van der Waals surface area contributed by atoms with E-state index in [2.05, 4.69) is 19.9 Å². The molecule has 0 spiro atoms. The monoisotopic (exact) mass is 424 g/mol. The van der Waals surface area contributed by atoms with Gasteiger partial charge in [0.1, 0.15) is 24.9 Å². The summed E-state index contributed by atoms with van der Waals surface area (Å²) in [6.45, 7) is 6.18. The second kappa shape index (κ2) is 12.4. The third kappa shape index (κ3) is 8.37. The number of nitrogens with zero attached hydrogens (tertiary/aromatic N) is 2.